The summed E-state index contributed by atoms with van der Waals surface area (Å²) in [6.45, 7) is 1.97. The van der Waals surface area contributed by atoms with Gasteiger partial charge in [0, 0.05) is 38.8 Å². The maximum atomic E-state index is 14.1. The number of anilines is 1. The number of oxime groups is 1. The third kappa shape index (κ3) is 4.39. The molecule has 2 aromatic carbocycles. The summed E-state index contributed by atoms with van der Waals surface area (Å²) >= 11 is 9.52. The Morgan fingerprint density at radius 3 is 2.90 bits per heavy atom. The second-order valence-corrected chi connectivity index (χ2v) is 8.19. The van der Waals surface area contributed by atoms with E-state index in [9.17, 15) is 9.18 Å². The van der Waals surface area contributed by atoms with Gasteiger partial charge in [-0.1, -0.05) is 50.9 Å². The van der Waals surface area contributed by atoms with Crippen molar-refractivity contribution in [2.45, 2.75) is 26.0 Å². The summed E-state index contributed by atoms with van der Waals surface area (Å²) in [4.78, 5) is 17.9. The molecule has 154 valence electrons. The van der Waals surface area contributed by atoms with Crippen LogP contribution in [0.3, 0.4) is 0 Å². The van der Waals surface area contributed by atoms with E-state index in [1.54, 1.807) is 22.9 Å². The third-order valence-corrected chi connectivity index (χ3v) is 5.57. The Hall–Kier alpha value is -2.71. The summed E-state index contributed by atoms with van der Waals surface area (Å²) in [5.74, 6) is -0.402. The predicted molar refractivity (Wildman–Crippen MR) is 116 cm³/mol. The number of carbonyl (C=O) groups is 1. The lowest BCUT2D eigenvalue weighted by molar-refractivity contribution is -0.125. The first-order chi connectivity index (χ1) is 14.4. The van der Waals surface area contributed by atoms with Crippen LogP contribution in [-0.2, 0) is 16.2 Å². The van der Waals surface area contributed by atoms with Crippen molar-refractivity contribution in [3.63, 3.8) is 0 Å². The first kappa shape index (κ1) is 20.6. The second kappa shape index (κ2) is 8.57. The number of hydrogen-bond acceptors (Lipinski definition) is 4. The summed E-state index contributed by atoms with van der Waals surface area (Å²) in [7, 11) is 0. The smallest absolute Gasteiger partial charge is 0.269 e. The van der Waals surface area contributed by atoms with Crippen LogP contribution in [-0.4, -0.2) is 27.5 Å². The highest BCUT2D eigenvalue weighted by molar-refractivity contribution is 9.10. The van der Waals surface area contributed by atoms with Crippen LogP contribution in [0.25, 0.3) is 0 Å². The number of carbonyl (C=O) groups excluding carboxylic acids is 1. The van der Waals surface area contributed by atoms with Gasteiger partial charge >= 0.3 is 0 Å². The van der Waals surface area contributed by atoms with Gasteiger partial charge in [-0.15, -0.1) is 0 Å². The van der Waals surface area contributed by atoms with E-state index in [-0.39, 0.29) is 12.5 Å². The van der Waals surface area contributed by atoms with Gasteiger partial charge in [-0.25, -0.2) is 4.39 Å². The molecule has 0 aliphatic carbocycles. The summed E-state index contributed by atoms with van der Waals surface area (Å²) in [5.41, 5.74) is 2.69. The number of aryl methyl sites for hydroxylation is 1. The Kier molecular flexibility index (Phi) is 5.87. The average Bonchev–Trinajstić information content (AvgIpc) is 3.32. The molecule has 0 radical (unpaired) electrons. The number of nitrogens with one attached hydrogen (secondary N) is 1. The normalized spacial score (nSPS) is 15.6. The van der Waals surface area contributed by atoms with E-state index in [4.69, 9.17) is 16.4 Å². The van der Waals surface area contributed by atoms with E-state index < -0.39 is 11.9 Å². The molecule has 1 N–H and O–H groups in total. The molecule has 30 heavy (non-hydrogen) atoms. The maximum Gasteiger partial charge on any atom is 0.269 e. The van der Waals surface area contributed by atoms with Crippen molar-refractivity contribution in [2.75, 3.05) is 5.32 Å². The van der Waals surface area contributed by atoms with Gasteiger partial charge in [0.1, 0.15) is 5.82 Å². The highest BCUT2D eigenvalue weighted by atomic mass is 79.9. The third-order valence-electron chi connectivity index (χ3n) is 4.72. The van der Waals surface area contributed by atoms with Crippen molar-refractivity contribution in [1.82, 2.24) is 9.78 Å². The van der Waals surface area contributed by atoms with Crippen molar-refractivity contribution < 1.29 is 14.0 Å². The van der Waals surface area contributed by atoms with Crippen molar-refractivity contribution in [3.05, 3.63) is 80.7 Å². The molecule has 9 heteroatoms. The number of halogens is 3. The number of rotatable bonds is 5. The Morgan fingerprint density at radius 1 is 1.33 bits per heavy atom. The molecule has 0 spiro atoms. The van der Waals surface area contributed by atoms with E-state index in [2.05, 4.69) is 31.5 Å². The molecule has 0 saturated heterocycles. The number of nitrogens with zero attached hydrogens (tertiary/aromatic N) is 3. The summed E-state index contributed by atoms with van der Waals surface area (Å²) in [6, 6.07) is 13.9. The van der Waals surface area contributed by atoms with Crippen LogP contribution in [0.4, 0.5) is 10.2 Å². The van der Waals surface area contributed by atoms with Gasteiger partial charge in [-0.3, -0.25) is 9.48 Å². The Balaban J connectivity index is 1.42. The van der Waals surface area contributed by atoms with Crippen LogP contribution < -0.4 is 5.32 Å². The molecule has 0 bridgehead atoms. The largest absolute Gasteiger partial charge is 0.382 e. The van der Waals surface area contributed by atoms with Gasteiger partial charge in [0.25, 0.3) is 5.91 Å². The first-order valence-corrected chi connectivity index (χ1v) is 10.3. The molecule has 1 aliphatic rings. The molecule has 2 heterocycles. The molecule has 1 amide bonds. The first-order valence-electron chi connectivity index (χ1n) is 9.17. The highest BCUT2D eigenvalue weighted by Crippen LogP contribution is 2.23. The molecular weight excluding hydrogens is 475 g/mol. The molecule has 1 unspecified atom stereocenters. The van der Waals surface area contributed by atoms with Crippen LogP contribution in [0.15, 0.2) is 58.2 Å². The van der Waals surface area contributed by atoms with Crippen LogP contribution in [0.1, 0.15) is 23.2 Å². The fourth-order valence-corrected chi connectivity index (χ4v) is 3.75. The van der Waals surface area contributed by atoms with Gasteiger partial charge in [0.2, 0.25) is 6.10 Å². The van der Waals surface area contributed by atoms with Crippen LogP contribution in [0.2, 0.25) is 5.02 Å². The fraction of sp³-hybridized carbons (Fsp3) is 0.190. The summed E-state index contributed by atoms with van der Waals surface area (Å²) < 4.78 is 16.6. The lowest BCUT2D eigenvalue weighted by Gasteiger charge is -2.08. The standard InChI is InChI=1S/C21H17BrClFN4O2/c1-12-8-20(26-28(12)11-15-16(23)6-3-7-17(15)24)25-21(29)19-10-18(27-30-19)13-4-2-5-14(22)9-13/h2-9,19H,10-11H2,1H3,(H,25,26,29). The Morgan fingerprint density at radius 2 is 2.13 bits per heavy atom. The lowest BCUT2D eigenvalue weighted by atomic mass is 10.0. The highest BCUT2D eigenvalue weighted by Gasteiger charge is 2.29. The zero-order valence-corrected chi connectivity index (χ0v) is 18.2. The van der Waals surface area contributed by atoms with Gasteiger partial charge in [-0.2, -0.15) is 5.10 Å². The minimum atomic E-state index is -0.745. The molecule has 1 aromatic heterocycles. The minimum Gasteiger partial charge on any atom is -0.382 e. The van der Waals surface area contributed by atoms with Crippen LogP contribution >= 0.6 is 27.5 Å². The van der Waals surface area contributed by atoms with E-state index in [1.165, 1.54) is 6.07 Å². The summed E-state index contributed by atoms with van der Waals surface area (Å²) in [5, 5.41) is 11.5. The quantitative estimate of drug-likeness (QED) is 0.550. The minimum absolute atomic E-state index is 0.156. The molecular formula is C21H17BrClFN4O2. The molecule has 0 saturated carbocycles. The second-order valence-electron chi connectivity index (χ2n) is 6.86. The maximum absolute atomic E-state index is 14.1. The Bertz CT molecular complexity index is 1130. The molecule has 0 fully saturated rings. The number of amides is 1. The zero-order valence-electron chi connectivity index (χ0n) is 15.9. The molecule has 6 nitrogen and oxygen atoms in total. The van der Waals surface area contributed by atoms with Crippen LogP contribution in [0.5, 0.6) is 0 Å². The van der Waals surface area contributed by atoms with Crippen molar-refractivity contribution in [2.24, 2.45) is 5.16 Å². The average molecular weight is 492 g/mol. The number of benzene rings is 2. The van der Waals surface area contributed by atoms with Crippen molar-refractivity contribution in [3.8, 4) is 0 Å². The SMILES string of the molecule is Cc1cc(NC(=O)C2CC(c3cccc(Br)c3)=NO2)nn1Cc1c(F)cccc1Cl. The van der Waals surface area contributed by atoms with E-state index in [1.807, 2.05) is 31.2 Å². The lowest BCUT2D eigenvalue weighted by Crippen LogP contribution is -2.28. The number of hydrogen-bond donors (Lipinski definition) is 1. The van der Waals surface area contributed by atoms with E-state index in [0.717, 1.165) is 15.7 Å². The van der Waals surface area contributed by atoms with Gasteiger partial charge in [-0.05, 0) is 31.2 Å². The molecule has 4 rings (SSSR count). The Labute approximate surface area is 185 Å². The van der Waals surface area contributed by atoms with E-state index in [0.29, 0.717) is 28.5 Å². The van der Waals surface area contributed by atoms with Gasteiger partial charge < -0.3 is 10.2 Å². The van der Waals surface area contributed by atoms with Crippen molar-refractivity contribution in [1.29, 1.82) is 0 Å². The van der Waals surface area contributed by atoms with Crippen LogP contribution in [0, 0.1) is 12.7 Å². The topological polar surface area (TPSA) is 68.5 Å². The monoisotopic (exact) mass is 490 g/mol. The van der Waals surface area contributed by atoms with Crippen molar-refractivity contribution >= 4 is 45.0 Å². The summed E-state index contributed by atoms with van der Waals surface area (Å²) in [6.07, 6.45) is -0.391. The predicted octanol–water partition coefficient (Wildman–Crippen LogP) is 4.93. The fourth-order valence-electron chi connectivity index (χ4n) is 3.13. The van der Waals surface area contributed by atoms with Gasteiger partial charge in [0.15, 0.2) is 5.82 Å². The zero-order chi connectivity index (χ0) is 21.3. The number of aromatic nitrogens is 2. The molecule has 1 atom stereocenters. The molecule has 1 aliphatic heterocycles. The van der Waals surface area contributed by atoms with Gasteiger partial charge in [0.05, 0.1) is 12.3 Å². The van der Waals surface area contributed by atoms with E-state index >= 15 is 0 Å². The molecule has 3 aromatic rings.